The van der Waals surface area contributed by atoms with Crippen LogP contribution in [0.3, 0.4) is 0 Å². The first kappa shape index (κ1) is 35.4. The number of methoxy groups -OCH3 is 2. The summed E-state index contributed by atoms with van der Waals surface area (Å²) < 4.78 is 37.4. The van der Waals surface area contributed by atoms with E-state index in [1.165, 1.54) is 12.4 Å². The van der Waals surface area contributed by atoms with E-state index >= 15 is 4.39 Å². The number of fused-ring (bicyclic) bond motifs is 2. The van der Waals surface area contributed by atoms with E-state index in [2.05, 4.69) is 35.8 Å². The highest BCUT2D eigenvalue weighted by Crippen LogP contribution is 2.34. The first-order valence-corrected chi connectivity index (χ1v) is 17.3. The minimum atomic E-state index is -0.469. The number of hydrogen-bond acceptors (Lipinski definition) is 11. The van der Waals surface area contributed by atoms with Crippen molar-refractivity contribution in [3.63, 3.8) is 0 Å². The largest absolute Gasteiger partial charge is 0.497 e. The molecular formula is C40H40FN7O5. The van der Waals surface area contributed by atoms with Gasteiger partial charge in [0, 0.05) is 66.2 Å². The van der Waals surface area contributed by atoms with Crippen LogP contribution in [0.15, 0.2) is 85.3 Å². The van der Waals surface area contributed by atoms with Gasteiger partial charge in [0.15, 0.2) is 0 Å². The summed E-state index contributed by atoms with van der Waals surface area (Å²) in [5, 5.41) is 11.7. The monoisotopic (exact) mass is 717 g/mol. The average Bonchev–Trinajstić information content (AvgIpc) is 3.19. The van der Waals surface area contributed by atoms with Crippen molar-refractivity contribution in [1.29, 1.82) is 0 Å². The molecule has 7 rings (SSSR count). The Morgan fingerprint density at radius 3 is 2.55 bits per heavy atom. The van der Waals surface area contributed by atoms with E-state index < -0.39 is 5.82 Å². The second-order valence-electron chi connectivity index (χ2n) is 12.5. The minimum Gasteiger partial charge on any atom is -0.497 e. The first-order valence-electron chi connectivity index (χ1n) is 17.3. The molecule has 1 aliphatic rings. The molecule has 0 atom stereocenters. The predicted octanol–water partition coefficient (Wildman–Crippen LogP) is 6.96. The fourth-order valence-electron chi connectivity index (χ4n) is 6.33. The number of pyridine rings is 1. The topological polar surface area (TPSA) is 132 Å². The fourth-order valence-corrected chi connectivity index (χ4v) is 6.33. The summed E-state index contributed by atoms with van der Waals surface area (Å²) in [5.74, 6) is 2.03. The second kappa shape index (κ2) is 16.1. The van der Waals surface area contributed by atoms with Crippen molar-refractivity contribution < 1.29 is 28.1 Å². The quantitative estimate of drug-likeness (QED) is 0.115. The van der Waals surface area contributed by atoms with Crippen molar-refractivity contribution in [3.05, 3.63) is 108 Å². The van der Waals surface area contributed by atoms with Crippen LogP contribution in [-0.2, 0) is 11.3 Å². The van der Waals surface area contributed by atoms with Crippen LogP contribution in [0.4, 0.5) is 27.4 Å². The van der Waals surface area contributed by atoms with Crippen molar-refractivity contribution in [3.8, 4) is 17.2 Å². The van der Waals surface area contributed by atoms with E-state index in [4.69, 9.17) is 18.9 Å². The third-order valence-corrected chi connectivity index (χ3v) is 9.22. The van der Waals surface area contributed by atoms with Gasteiger partial charge in [0.1, 0.15) is 47.6 Å². The van der Waals surface area contributed by atoms with Crippen molar-refractivity contribution in [1.82, 2.24) is 19.9 Å². The SMILES string of the molecule is COc1ccc(CNc2ncnc3c(C(=O)Nc4c(C)ccc5c(Nc6ccc(OCCN7CCOCC7)cc6F)nccc45)cccc23)c(OC)c1. The molecule has 1 aliphatic heterocycles. The molecule has 3 heterocycles. The van der Waals surface area contributed by atoms with Crippen molar-refractivity contribution in [2.24, 2.45) is 0 Å². The highest BCUT2D eigenvalue weighted by atomic mass is 19.1. The number of morpholine rings is 1. The molecule has 3 N–H and O–H groups in total. The molecule has 4 aromatic carbocycles. The molecule has 2 aromatic heterocycles. The molecule has 12 nitrogen and oxygen atoms in total. The molecular weight excluding hydrogens is 677 g/mol. The summed E-state index contributed by atoms with van der Waals surface area (Å²) in [6.45, 7) is 6.70. The average molecular weight is 718 g/mol. The van der Waals surface area contributed by atoms with Gasteiger partial charge in [-0.05, 0) is 55.0 Å². The number of carbonyl (C=O) groups excluding carboxylic acids is 1. The maximum Gasteiger partial charge on any atom is 0.257 e. The van der Waals surface area contributed by atoms with Crippen LogP contribution in [-0.4, -0.2) is 79.4 Å². The molecule has 0 aliphatic carbocycles. The number of carbonyl (C=O) groups is 1. The molecule has 0 spiro atoms. The lowest BCUT2D eigenvalue weighted by molar-refractivity contribution is 0.0322. The van der Waals surface area contributed by atoms with Gasteiger partial charge in [-0.2, -0.15) is 0 Å². The van der Waals surface area contributed by atoms with Crippen molar-refractivity contribution in [2.75, 3.05) is 69.6 Å². The van der Waals surface area contributed by atoms with Gasteiger partial charge in [0.2, 0.25) is 0 Å². The van der Waals surface area contributed by atoms with Gasteiger partial charge in [-0.3, -0.25) is 9.69 Å². The number of para-hydroxylation sites is 1. The molecule has 1 amide bonds. The predicted molar refractivity (Wildman–Crippen MR) is 203 cm³/mol. The summed E-state index contributed by atoms with van der Waals surface area (Å²) in [6, 6.07) is 21.4. The standard InChI is InChI=1S/C40H40FN7O5/c1-25-7-11-30-29(13-14-42-39(30)46-34-12-10-28(21-33(34)41)53-20-17-48-15-18-52-19-16-48)36(25)47-40(49)32-6-4-5-31-37(32)44-24-45-38(31)43-23-26-8-9-27(50-2)22-35(26)51-3/h4-14,21-22,24H,15-20,23H2,1-3H3,(H,42,46)(H,47,49)(H,43,44,45). The maximum atomic E-state index is 15.3. The molecule has 1 fully saturated rings. The fraction of sp³-hybridized carbons (Fsp3) is 0.250. The number of rotatable bonds is 13. The molecule has 0 saturated carbocycles. The van der Waals surface area contributed by atoms with Crippen LogP contribution >= 0.6 is 0 Å². The van der Waals surface area contributed by atoms with Crippen LogP contribution in [0.1, 0.15) is 21.5 Å². The number of amides is 1. The Hall–Kier alpha value is -6.05. The number of nitrogens with one attached hydrogen (secondary N) is 3. The van der Waals surface area contributed by atoms with Crippen LogP contribution in [0.25, 0.3) is 21.7 Å². The number of aryl methyl sites for hydroxylation is 1. The van der Waals surface area contributed by atoms with Crippen LogP contribution < -0.4 is 30.2 Å². The summed E-state index contributed by atoms with van der Waals surface area (Å²) in [4.78, 5) is 29.7. The third kappa shape index (κ3) is 7.91. The summed E-state index contributed by atoms with van der Waals surface area (Å²) in [6.07, 6.45) is 3.06. The Morgan fingerprint density at radius 1 is 0.887 bits per heavy atom. The van der Waals surface area contributed by atoms with E-state index in [0.29, 0.717) is 82.8 Å². The number of ether oxygens (including phenoxy) is 4. The van der Waals surface area contributed by atoms with Crippen LogP contribution in [0.5, 0.6) is 17.2 Å². The Kier molecular flexibility index (Phi) is 10.7. The molecule has 0 unspecified atom stereocenters. The number of nitrogens with zero attached hydrogens (tertiary/aromatic N) is 4. The zero-order chi connectivity index (χ0) is 36.7. The van der Waals surface area contributed by atoms with Crippen LogP contribution in [0, 0.1) is 12.7 Å². The lowest BCUT2D eigenvalue weighted by Gasteiger charge is -2.26. The van der Waals surface area contributed by atoms with Gasteiger partial charge < -0.3 is 34.9 Å². The molecule has 1 saturated heterocycles. The second-order valence-corrected chi connectivity index (χ2v) is 12.5. The van der Waals surface area contributed by atoms with Gasteiger partial charge in [0.25, 0.3) is 5.91 Å². The zero-order valence-corrected chi connectivity index (χ0v) is 29.7. The first-order chi connectivity index (χ1) is 25.9. The molecule has 0 radical (unpaired) electrons. The number of halogens is 1. The van der Waals surface area contributed by atoms with E-state index in [9.17, 15) is 4.79 Å². The summed E-state index contributed by atoms with van der Waals surface area (Å²) in [7, 11) is 3.22. The smallest absolute Gasteiger partial charge is 0.257 e. The van der Waals surface area contributed by atoms with Gasteiger partial charge in [0.05, 0.1) is 49.9 Å². The van der Waals surface area contributed by atoms with Crippen molar-refractivity contribution in [2.45, 2.75) is 13.5 Å². The Bertz CT molecular complexity index is 2260. The Labute approximate surface area is 306 Å². The zero-order valence-electron chi connectivity index (χ0n) is 29.7. The van der Waals surface area contributed by atoms with Crippen molar-refractivity contribution >= 4 is 50.6 Å². The lowest BCUT2D eigenvalue weighted by atomic mass is 10.0. The third-order valence-electron chi connectivity index (χ3n) is 9.22. The van der Waals surface area contributed by atoms with Gasteiger partial charge in [-0.1, -0.05) is 18.2 Å². The molecule has 272 valence electrons. The van der Waals surface area contributed by atoms with Gasteiger partial charge in [-0.25, -0.2) is 19.3 Å². The summed E-state index contributed by atoms with van der Waals surface area (Å²) in [5.41, 5.74) is 3.50. The van der Waals surface area contributed by atoms with E-state index in [-0.39, 0.29) is 11.6 Å². The van der Waals surface area contributed by atoms with Crippen LogP contribution in [0.2, 0.25) is 0 Å². The molecule has 13 heteroatoms. The van der Waals surface area contributed by atoms with E-state index in [1.54, 1.807) is 44.7 Å². The van der Waals surface area contributed by atoms with E-state index in [1.807, 2.05) is 49.4 Å². The number of hydrogen-bond donors (Lipinski definition) is 3. The summed E-state index contributed by atoms with van der Waals surface area (Å²) >= 11 is 0. The maximum absolute atomic E-state index is 15.3. The van der Waals surface area contributed by atoms with Gasteiger partial charge >= 0.3 is 0 Å². The molecule has 53 heavy (non-hydrogen) atoms. The lowest BCUT2D eigenvalue weighted by Crippen LogP contribution is -2.38. The number of anilines is 4. The number of aromatic nitrogens is 3. The van der Waals surface area contributed by atoms with Gasteiger partial charge in [-0.15, -0.1) is 0 Å². The Morgan fingerprint density at radius 2 is 1.74 bits per heavy atom. The number of benzene rings is 4. The Balaban J connectivity index is 1.08. The highest BCUT2D eigenvalue weighted by Gasteiger charge is 2.18. The minimum absolute atomic E-state index is 0.252. The highest BCUT2D eigenvalue weighted by molar-refractivity contribution is 6.16. The normalized spacial score (nSPS) is 13.1. The molecule has 0 bridgehead atoms. The molecule has 6 aromatic rings. The van der Waals surface area contributed by atoms with E-state index in [0.717, 1.165) is 36.1 Å².